The Kier molecular flexibility index (Phi) is 7.14. The Labute approximate surface area is 111 Å². The normalized spacial score (nSPS) is 20.7. The molecule has 0 bridgehead atoms. The van der Waals surface area contributed by atoms with Crippen LogP contribution >= 0.6 is 0 Å². The van der Waals surface area contributed by atoms with Crippen molar-refractivity contribution in [2.24, 2.45) is 0 Å². The summed E-state index contributed by atoms with van der Waals surface area (Å²) in [7, 11) is -3.12. The van der Waals surface area contributed by atoms with Crippen LogP contribution in [0.4, 0.5) is 0 Å². The van der Waals surface area contributed by atoms with Crippen molar-refractivity contribution < 1.29 is 13.2 Å². The number of rotatable bonds is 9. The minimum absolute atomic E-state index is 0.193. The Hall–Kier alpha value is -0.170. The fourth-order valence-corrected chi connectivity index (χ4v) is 3.07. The Morgan fingerprint density at radius 3 is 2.72 bits per heavy atom. The molecule has 0 amide bonds. The number of nitrogens with one attached hydrogen (secondary N) is 2. The minimum Gasteiger partial charge on any atom is -0.378 e. The maximum atomic E-state index is 11.7. The standard InChI is InChI=1S/C12H26N2O3S/c1-11(2)13-7-4-10-18(15,16)14-8-6-12-5-3-9-17-12/h11-14H,3-10H2,1-2H3. The smallest absolute Gasteiger partial charge is 0.211 e. The van der Waals surface area contributed by atoms with Crippen LogP contribution in [0.15, 0.2) is 0 Å². The van der Waals surface area contributed by atoms with E-state index in [0.29, 0.717) is 19.0 Å². The van der Waals surface area contributed by atoms with Crippen molar-refractivity contribution in [3.8, 4) is 0 Å². The van der Waals surface area contributed by atoms with Gasteiger partial charge in [-0.25, -0.2) is 13.1 Å². The molecule has 108 valence electrons. The number of hydrogen-bond acceptors (Lipinski definition) is 4. The predicted molar refractivity (Wildman–Crippen MR) is 73.1 cm³/mol. The minimum atomic E-state index is -3.12. The summed E-state index contributed by atoms with van der Waals surface area (Å²) in [4.78, 5) is 0. The van der Waals surface area contributed by atoms with Gasteiger partial charge in [-0.1, -0.05) is 13.8 Å². The van der Waals surface area contributed by atoms with Crippen LogP contribution in [0.5, 0.6) is 0 Å². The summed E-state index contributed by atoms with van der Waals surface area (Å²) in [5, 5.41) is 3.21. The largest absolute Gasteiger partial charge is 0.378 e. The molecule has 0 radical (unpaired) electrons. The van der Waals surface area contributed by atoms with Crippen LogP contribution in [-0.2, 0) is 14.8 Å². The molecule has 0 aromatic rings. The molecule has 6 heteroatoms. The van der Waals surface area contributed by atoms with Crippen molar-refractivity contribution in [3.05, 3.63) is 0 Å². The van der Waals surface area contributed by atoms with Gasteiger partial charge in [0.2, 0.25) is 10.0 Å². The maximum absolute atomic E-state index is 11.7. The highest BCUT2D eigenvalue weighted by Gasteiger charge is 2.16. The fourth-order valence-electron chi connectivity index (χ4n) is 1.97. The lowest BCUT2D eigenvalue weighted by molar-refractivity contribution is 0.105. The molecule has 0 aromatic heterocycles. The second-order valence-corrected chi connectivity index (χ2v) is 7.03. The molecule has 0 aliphatic carbocycles. The lowest BCUT2D eigenvalue weighted by Gasteiger charge is -2.11. The first-order valence-corrected chi connectivity index (χ1v) is 8.47. The van der Waals surface area contributed by atoms with Gasteiger partial charge in [0, 0.05) is 19.2 Å². The molecular weight excluding hydrogens is 252 g/mol. The van der Waals surface area contributed by atoms with E-state index >= 15 is 0 Å². The predicted octanol–water partition coefficient (Wildman–Crippen LogP) is 0.863. The van der Waals surface area contributed by atoms with E-state index in [-0.39, 0.29) is 11.9 Å². The zero-order valence-electron chi connectivity index (χ0n) is 11.4. The first-order chi connectivity index (χ1) is 8.49. The van der Waals surface area contributed by atoms with Crippen molar-refractivity contribution in [2.45, 2.75) is 51.7 Å². The summed E-state index contributed by atoms with van der Waals surface area (Å²) in [6.07, 6.45) is 3.82. The number of sulfonamides is 1. The van der Waals surface area contributed by atoms with Crippen LogP contribution in [0.2, 0.25) is 0 Å². The highest BCUT2D eigenvalue weighted by Crippen LogP contribution is 2.14. The third-order valence-electron chi connectivity index (χ3n) is 2.95. The molecular formula is C12H26N2O3S. The van der Waals surface area contributed by atoms with Crippen molar-refractivity contribution in [1.82, 2.24) is 10.0 Å². The first-order valence-electron chi connectivity index (χ1n) is 6.82. The van der Waals surface area contributed by atoms with Gasteiger partial charge >= 0.3 is 0 Å². The summed E-state index contributed by atoms with van der Waals surface area (Å²) >= 11 is 0. The molecule has 1 atom stereocenters. The average molecular weight is 278 g/mol. The summed E-state index contributed by atoms with van der Waals surface area (Å²) in [6.45, 7) is 6.15. The Bertz CT molecular complexity index is 311. The summed E-state index contributed by atoms with van der Waals surface area (Å²) in [5.74, 6) is 0.193. The Balaban J connectivity index is 2.07. The number of ether oxygens (including phenoxy) is 1. The monoisotopic (exact) mass is 278 g/mol. The third kappa shape index (κ3) is 7.31. The molecule has 1 saturated heterocycles. The molecule has 1 aliphatic heterocycles. The molecule has 1 unspecified atom stereocenters. The van der Waals surface area contributed by atoms with E-state index in [1.54, 1.807) is 0 Å². The van der Waals surface area contributed by atoms with E-state index in [2.05, 4.69) is 10.0 Å². The highest BCUT2D eigenvalue weighted by atomic mass is 32.2. The van der Waals surface area contributed by atoms with E-state index in [1.807, 2.05) is 13.8 Å². The van der Waals surface area contributed by atoms with Crippen molar-refractivity contribution in [2.75, 3.05) is 25.4 Å². The van der Waals surface area contributed by atoms with E-state index in [4.69, 9.17) is 4.74 Å². The molecule has 5 nitrogen and oxygen atoms in total. The van der Waals surface area contributed by atoms with Gasteiger partial charge in [-0.2, -0.15) is 0 Å². The van der Waals surface area contributed by atoms with Gasteiger partial charge in [0.15, 0.2) is 0 Å². The second-order valence-electron chi connectivity index (χ2n) is 5.10. The van der Waals surface area contributed by atoms with Crippen LogP contribution in [0.3, 0.4) is 0 Å². The SMILES string of the molecule is CC(C)NCCCS(=O)(=O)NCCC1CCCO1. The summed E-state index contributed by atoms with van der Waals surface area (Å²) in [5.41, 5.74) is 0. The number of hydrogen-bond donors (Lipinski definition) is 2. The van der Waals surface area contributed by atoms with Gasteiger partial charge in [-0.15, -0.1) is 0 Å². The molecule has 2 N–H and O–H groups in total. The van der Waals surface area contributed by atoms with Crippen LogP contribution in [-0.4, -0.2) is 46.0 Å². The molecule has 1 rings (SSSR count). The van der Waals surface area contributed by atoms with Gasteiger partial charge in [-0.05, 0) is 32.2 Å². The first kappa shape index (κ1) is 15.9. The average Bonchev–Trinajstić information content (AvgIpc) is 2.77. The van der Waals surface area contributed by atoms with Crippen LogP contribution in [0.25, 0.3) is 0 Å². The Morgan fingerprint density at radius 2 is 2.11 bits per heavy atom. The molecule has 0 spiro atoms. The second kappa shape index (κ2) is 8.09. The zero-order chi connectivity index (χ0) is 13.4. The van der Waals surface area contributed by atoms with Gasteiger partial charge in [0.25, 0.3) is 0 Å². The van der Waals surface area contributed by atoms with Gasteiger partial charge < -0.3 is 10.1 Å². The van der Waals surface area contributed by atoms with Gasteiger partial charge in [0.05, 0.1) is 11.9 Å². The van der Waals surface area contributed by atoms with E-state index < -0.39 is 10.0 Å². The van der Waals surface area contributed by atoms with Crippen molar-refractivity contribution in [1.29, 1.82) is 0 Å². The van der Waals surface area contributed by atoms with Crippen molar-refractivity contribution >= 4 is 10.0 Å². The molecule has 1 aliphatic rings. The highest BCUT2D eigenvalue weighted by molar-refractivity contribution is 7.89. The quantitative estimate of drug-likeness (QED) is 0.614. The molecule has 0 aromatic carbocycles. The topological polar surface area (TPSA) is 67.4 Å². The molecule has 1 fully saturated rings. The molecule has 1 heterocycles. The van der Waals surface area contributed by atoms with Gasteiger partial charge in [-0.3, -0.25) is 0 Å². The summed E-state index contributed by atoms with van der Waals surface area (Å²) in [6, 6.07) is 0.403. The third-order valence-corrected chi connectivity index (χ3v) is 4.42. The zero-order valence-corrected chi connectivity index (χ0v) is 12.3. The van der Waals surface area contributed by atoms with Crippen LogP contribution in [0.1, 0.15) is 39.5 Å². The lowest BCUT2D eigenvalue weighted by Crippen LogP contribution is -2.31. The fraction of sp³-hybridized carbons (Fsp3) is 1.00. The molecule has 18 heavy (non-hydrogen) atoms. The van der Waals surface area contributed by atoms with Crippen LogP contribution in [0, 0.1) is 0 Å². The Morgan fingerprint density at radius 1 is 1.33 bits per heavy atom. The van der Waals surface area contributed by atoms with E-state index in [1.165, 1.54) is 0 Å². The maximum Gasteiger partial charge on any atom is 0.211 e. The lowest BCUT2D eigenvalue weighted by atomic mass is 10.2. The van der Waals surface area contributed by atoms with E-state index in [9.17, 15) is 8.42 Å². The van der Waals surface area contributed by atoms with Crippen LogP contribution < -0.4 is 10.0 Å². The molecule has 0 saturated carbocycles. The van der Waals surface area contributed by atoms with Gasteiger partial charge in [0.1, 0.15) is 0 Å². The summed E-state index contributed by atoms with van der Waals surface area (Å²) < 4.78 is 31.4. The van der Waals surface area contributed by atoms with Crippen molar-refractivity contribution in [3.63, 3.8) is 0 Å². The van der Waals surface area contributed by atoms with E-state index in [0.717, 1.165) is 32.4 Å².